The third kappa shape index (κ3) is 7.03. The van der Waals surface area contributed by atoms with Gasteiger partial charge in [-0.2, -0.15) is 0 Å². The van der Waals surface area contributed by atoms with Crippen LogP contribution in [0, 0.1) is 6.92 Å². The van der Waals surface area contributed by atoms with E-state index >= 15 is 0 Å². The Kier molecular flexibility index (Phi) is 7.98. The van der Waals surface area contributed by atoms with Crippen molar-refractivity contribution in [3.8, 4) is 5.75 Å². The van der Waals surface area contributed by atoms with Crippen LogP contribution < -0.4 is 15.4 Å². The predicted octanol–water partition coefficient (Wildman–Crippen LogP) is 3.46. The Balaban J connectivity index is 1.92. The second kappa shape index (κ2) is 10.2. The highest BCUT2D eigenvalue weighted by atomic mass is 35.5. The molecule has 0 aliphatic rings. The molecule has 2 N–H and O–H groups in total. The van der Waals surface area contributed by atoms with E-state index in [1.165, 1.54) is 6.92 Å². The van der Waals surface area contributed by atoms with Crippen LogP contribution in [-0.2, 0) is 16.1 Å². The lowest BCUT2D eigenvalue weighted by molar-refractivity contribution is -0.127. The van der Waals surface area contributed by atoms with Crippen molar-refractivity contribution < 1.29 is 23.9 Å². The highest BCUT2D eigenvalue weighted by Gasteiger charge is 2.24. The number of nitrogens with one attached hydrogen (secondary N) is 2. The number of halogens is 1. The van der Waals surface area contributed by atoms with Gasteiger partial charge in [0.25, 0.3) is 5.91 Å². The molecule has 0 fully saturated rings. The number of hydrogen-bond acceptors (Lipinski definition) is 7. The van der Waals surface area contributed by atoms with E-state index in [1.54, 1.807) is 45.0 Å². The molecule has 10 heteroatoms. The average molecular weight is 440 g/mol. The van der Waals surface area contributed by atoms with Gasteiger partial charge in [-0.3, -0.25) is 10.1 Å². The zero-order valence-electron chi connectivity index (χ0n) is 16.4. The molecular weight excluding hydrogens is 418 g/mol. The summed E-state index contributed by atoms with van der Waals surface area (Å²) >= 11 is 6.95. The van der Waals surface area contributed by atoms with Crippen LogP contribution in [0.15, 0.2) is 24.3 Å². The van der Waals surface area contributed by atoms with E-state index in [-0.39, 0.29) is 17.5 Å². The number of carbonyl (C=O) groups is 3. The number of benzene rings is 1. The number of aromatic nitrogens is 1. The first-order valence-corrected chi connectivity index (χ1v) is 10.0. The van der Waals surface area contributed by atoms with E-state index in [0.29, 0.717) is 21.5 Å². The number of nitrogens with zero attached hydrogens (tertiary/aromatic N) is 1. The molecule has 0 aliphatic heterocycles. The van der Waals surface area contributed by atoms with Gasteiger partial charge in [0.15, 0.2) is 6.10 Å². The molecule has 0 saturated carbocycles. The topological polar surface area (TPSA) is 107 Å². The minimum absolute atomic E-state index is 0.131. The van der Waals surface area contributed by atoms with E-state index in [1.807, 2.05) is 0 Å². The fourth-order valence-corrected chi connectivity index (χ4v) is 3.15. The Morgan fingerprint density at radius 1 is 1.17 bits per heavy atom. The Bertz CT molecular complexity index is 882. The minimum atomic E-state index is -1.14. The number of carbonyl (C=O) groups excluding carboxylic acids is 3. The number of amides is 3. The van der Waals surface area contributed by atoms with E-state index < -0.39 is 24.0 Å². The van der Waals surface area contributed by atoms with Gasteiger partial charge in [0, 0.05) is 11.1 Å². The smallest absolute Gasteiger partial charge is 0.351 e. The molecule has 0 saturated heterocycles. The Hall–Kier alpha value is -2.65. The van der Waals surface area contributed by atoms with Crippen molar-refractivity contribution in [2.45, 2.75) is 46.4 Å². The number of imide groups is 1. The van der Waals surface area contributed by atoms with Crippen LogP contribution in [0.1, 0.15) is 41.1 Å². The first kappa shape index (κ1) is 22.6. The van der Waals surface area contributed by atoms with Crippen molar-refractivity contribution in [3.05, 3.63) is 44.9 Å². The molecule has 1 aromatic carbocycles. The van der Waals surface area contributed by atoms with Crippen LogP contribution in [0.3, 0.4) is 0 Å². The minimum Gasteiger partial charge on any atom is -0.486 e. The number of rotatable bonds is 7. The van der Waals surface area contributed by atoms with Crippen molar-refractivity contribution in [2.75, 3.05) is 0 Å². The van der Waals surface area contributed by atoms with Gasteiger partial charge in [0.1, 0.15) is 22.2 Å². The van der Waals surface area contributed by atoms with Crippen LogP contribution >= 0.6 is 22.9 Å². The molecule has 2 aromatic rings. The molecule has 0 radical (unpaired) electrons. The number of aryl methyl sites for hydroxylation is 1. The molecule has 156 valence electrons. The quantitative estimate of drug-likeness (QED) is 0.640. The van der Waals surface area contributed by atoms with Gasteiger partial charge < -0.3 is 14.8 Å². The van der Waals surface area contributed by atoms with Gasteiger partial charge in [-0.15, -0.1) is 11.3 Å². The van der Waals surface area contributed by atoms with Crippen molar-refractivity contribution in [3.63, 3.8) is 0 Å². The second-order valence-electron chi connectivity index (χ2n) is 6.43. The second-order valence-corrected chi connectivity index (χ2v) is 7.95. The third-order valence-corrected chi connectivity index (χ3v) is 4.87. The highest BCUT2D eigenvalue weighted by molar-refractivity contribution is 7.13. The molecule has 1 unspecified atom stereocenters. The van der Waals surface area contributed by atoms with Gasteiger partial charge in [-0.1, -0.05) is 11.6 Å². The molecule has 0 bridgehead atoms. The van der Waals surface area contributed by atoms with Crippen LogP contribution in [0.5, 0.6) is 5.75 Å². The molecule has 29 heavy (non-hydrogen) atoms. The zero-order chi connectivity index (χ0) is 21.6. The molecular formula is C19H22ClN3O5S. The standard InChI is InChI=1S/C19H22ClN3O5S/c1-10(2)21-19(26)23-17(24)12(4)28-18(25)16-11(3)22-15(29-16)9-27-14-7-5-13(20)6-8-14/h5-8,10,12H,9H2,1-4H3,(H2,21,23,24,26). The molecule has 0 aliphatic carbocycles. The normalized spacial score (nSPS) is 11.7. The first-order chi connectivity index (χ1) is 13.7. The fourth-order valence-electron chi connectivity index (χ4n) is 2.16. The molecule has 0 spiro atoms. The SMILES string of the molecule is Cc1nc(COc2ccc(Cl)cc2)sc1C(=O)OC(C)C(=O)NC(=O)NC(C)C. The summed E-state index contributed by atoms with van der Waals surface area (Å²) in [5.74, 6) is -0.786. The summed E-state index contributed by atoms with van der Waals surface area (Å²) < 4.78 is 10.8. The number of urea groups is 1. The summed E-state index contributed by atoms with van der Waals surface area (Å²) in [6, 6.07) is 6.10. The maximum atomic E-state index is 12.4. The monoisotopic (exact) mass is 439 g/mol. The van der Waals surface area contributed by atoms with Crippen molar-refractivity contribution in [1.82, 2.24) is 15.6 Å². The number of ether oxygens (including phenoxy) is 2. The predicted molar refractivity (Wildman–Crippen MR) is 109 cm³/mol. The first-order valence-electron chi connectivity index (χ1n) is 8.82. The summed E-state index contributed by atoms with van der Waals surface area (Å²) in [6.07, 6.45) is -1.14. The van der Waals surface area contributed by atoms with Gasteiger partial charge in [-0.25, -0.2) is 14.6 Å². The van der Waals surface area contributed by atoms with Crippen LogP contribution in [0.25, 0.3) is 0 Å². The van der Waals surface area contributed by atoms with Gasteiger partial charge >= 0.3 is 12.0 Å². The largest absolute Gasteiger partial charge is 0.486 e. The summed E-state index contributed by atoms with van der Waals surface area (Å²) in [5, 5.41) is 5.82. The summed E-state index contributed by atoms with van der Waals surface area (Å²) in [4.78, 5) is 40.5. The van der Waals surface area contributed by atoms with E-state index in [2.05, 4.69) is 15.6 Å². The molecule has 1 aromatic heterocycles. The van der Waals surface area contributed by atoms with Crippen LogP contribution in [0.4, 0.5) is 4.79 Å². The van der Waals surface area contributed by atoms with E-state index in [4.69, 9.17) is 21.1 Å². The number of hydrogen-bond donors (Lipinski definition) is 2. The molecule has 1 atom stereocenters. The van der Waals surface area contributed by atoms with Crippen molar-refractivity contribution in [1.29, 1.82) is 0 Å². The highest BCUT2D eigenvalue weighted by Crippen LogP contribution is 2.22. The Labute approximate surface area is 177 Å². The van der Waals surface area contributed by atoms with E-state index in [9.17, 15) is 14.4 Å². The molecule has 3 amide bonds. The lowest BCUT2D eigenvalue weighted by Crippen LogP contribution is -2.46. The molecule has 1 heterocycles. The van der Waals surface area contributed by atoms with E-state index in [0.717, 1.165) is 11.3 Å². The lowest BCUT2D eigenvalue weighted by atomic mass is 10.3. The van der Waals surface area contributed by atoms with Crippen molar-refractivity contribution in [2.24, 2.45) is 0 Å². The average Bonchev–Trinajstić information content (AvgIpc) is 3.01. The fraction of sp³-hybridized carbons (Fsp3) is 0.368. The third-order valence-electron chi connectivity index (χ3n) is 3.51. The Morgan fingerprint density at radius 2 is 1.83 bits per heavy atom. The van der Waals surface area contributed by atoms with Crippen LogP contribution in [0.2, 0.25) is 5.02 Å². The van der Waals surface area contributed by atoms with Crippen LogP contribution in [-0.4, -0.2) is 35.0 Å². The van der Waals surface area contributed by atoms with Crippen molar-refractivity contribution >= 4 is 40.8 Å². The maximum Gasteiger partial charge on any atom is 0.351 e. The van der Waals surface area contributed by atoms with Gasteiger partial charge in [0.05, 0.1) is 5.69 Å². The summed E-state index contributed by atoms with van der Waals surface area (Å²) in [7, 11) is 0. The van der Waals surface area contributed by atoms with Gasteiger partial charge in [-0.05, 0) is 52.0 Å². The maximum absolute atomic E-state index is 12.4. The zero-order valence-corrected chi connectivity index (χ0v) is 18.0. The Morgan fingerprint density at radius 3 is 2.45 bits per heavy atom. The molecule has 2 rings (SSSR count). The summed E-state index contributed by atoms with van der Waals surface area (Å²) in [6.45, 7) is 6.74. The van der Waals surface area contributed by atoms with Gasteiger partial charge in [0.2, 0.25) is 0 Å². The lowest BCUT2D eigenvalue weighted by Gasteiger charge is -2.14. The summed E-state index contributed by atoms with van der Waals surface area (Å²) in [5.41, 5.74) is 0.472. The number of esters is 1. The molecule has 8 nitrogen and oxygen atoms in total. The number of thiazole rings is 1.